The van der Waals surface area contributed by atoms with Crippen LogP contribution in [0.15, 0.2) is 53.5 Å². The molecule has 0 unspecified atom stereocenters. The summed E-state index contributed by atoms with van der Waals surface area (Å²) in [6.45, 7) is 1.50. The Morgan fingerprint density at radius 1 is 1.23 bits per heavy atom. The minimum absolute atomic E-state index is 0.115. The lowest BCUT2D eigenvalue weighted by molar-refractivity contribution is 0.172. The van der Waals surface area contributed by atoms with E-state index in [1.807, 2.05) is 12.4 Å². The molecule has 1 saturated heterocycles. The van der Waals surface area contributed by atoms with Gasteiger partial charge in [-0.2, -0.15) is 5.26 Å². The van der Waals surface area contributed by atoms with E-state index in [1.54, 1.807) is 54.4 Å². The fourth-order valence-electron chi connectivity index (χ4n) is 3.54. The normalized spacial score (nSPS) is 14.9. The molecule has 0 saturated carbocycles. The maximum Gasteiger partial charge on any atom is 0.321 e. The number of thioether (sulfide) groups is 1. The van der Waals surface area contributed by atoms with Gasteiger partial charge in [0.05, 0.1) is 0 Å². The van der Waals surface area contributed by atoms with Gasteiger partial charge in [-0.1, -0.05) is 42.1 Å². The summed E-state index contributed by atoms with van der Waals surface area (Å²) in [6.07, 6.45) is 5.36. The number of halogens is 1. The van der Waals surface area contributed by atoms with Crippen LogP contribution in [-0.2, 0) is 0 Å². The molecule has 1 N–H and O–H groups in total. The van der Waals surface area contributed by atoms with E-state index in [9.17, 15) is 9.18 Å². The maximum atomic E-state index is 13.9. The maximum absolute atomic E-state index is 13.9. The van der Waals surface area contributed by atoms with Gasteiger partial charge in [-0.05, 0) is 42.9 Å². The molecular weight excluding hydrogens is 401 g/mol. The minimum atomic E-state index is -0.273. The lowest BCUT2D eigenvalue weighted by Gasteiger charge is -2.37. The van der Waals surface area contributed by atoms with E-state index < -0.39 is 0 Å². The van der Waals surface area contributed by atoms with Crippen LogP contribution in [0, 0.1) is 17.3 Å². The monoisotopic (exact) mass is 425 g/mol. The van der Waals surface area contributed by atoms with Gasteiger partial charge in [-0.15, -0.1) is 4.99 Å². The standard InChI is InChI=1S/C22H24FN5OS/c1-27(18-11-13-28(14-12-18)22(30-2)25-15-24)21(29)26-17-9-7-16(8-10-17)19-5-3-4-6-20(19)23/h3-10,18H,11-14H2,1-2H3,(H,26,29). The van der Waals surface area contributed by atoms with Crippen LogP contribution >= 0.6 is 11.8 Å². The number of likely N-dealkylation sites (tertiary alicyclic amines) is 1. The Balaban J connectivity index is 1.57. The van der Waals surface area contributed by atoms with Gasteiger partial charge < -0.3 is 15.1 Å². The minimum Gasteiger partial charge on any atom is -0.350 e. The van der Waals surface area contributed by atoms with Crippen LogP contribution in [-0.4, -0.2) is 53.4 Å². The first-order valence-electron chi connectivity index (χ1n) is 9.68. The number of anilines is 1. The van der Waals surface area contributed by atoms with Crippen LogP contribution in [0.2, 0.25) is 0 Å². The van der Waals surface area contributed by atoms with Crippen LogP contribution in [0.4, 0.5) is 14.9 Å². The van der Waals surface area contributed by atoms with Gasteiger partial charge in [0.1, 0.15) is 5.82 Å². The second-order valence-electron chi connectivity index (χ2n) is 7.01. The van der Waals surface area contributed by atoms with Crippen molar-refractivity contribution in [2.45, 2.75) is 18.9 Å². The topological polar surface area (TPSA) is 71.7 Å². The lowest BCUT2D eigenvalue weighted by Crippen LogP contribution is -2.47. The van der Waals surface area contributed by atoms with Crippen molar-refractivity contribution in [3.05, 3.63) is 54.3 Å². The zero-order chi connectivity index (χ0) is 21.5. The number of carbonyl (C=O) groups excluding carboxylic acids is 1. The Morgan fingerprint density at radius 2 is 1.90 bits per heavy atom. The SMILES string of the molecule is CSC(=NC#N)N1CCC(N(C)C(=O)Nc2ccc(-c3ccccc3F)cc2)CC1. The summed E-state index contributed by atoms with van der Waals surface area (Å²) in [5.41, 5.74) is 1.95. The Hall–Kier alpha value is -3.05. The lowest BCUT2D eigenvalue weighted by atomic mass is 10.0. The smallest absolute Gasteiger partial charge is 0.321 e. The fraction of sp³-hybridized carbons (Fsp3) is 0.318. The van der Waals surface area contributed by atoms with Crippen molar-refractivity contribution in [1.82, 2.24) is 9.80 Å². The van der Waals surface area contributed by atoms with Crippen molar-refractivity contribution >= 4 is 28.6 Å². The average molecular weight is 426 g/mol. The van der Waals surface area contributed by atoms with Crippen LogP contribution in [0.3, 0.4) is 0 Å². The molecule has 8 heteroatoms. The van der Waals surface area contributed by atoms with Crippen LogP contribution in [0.25, 0.3) is 11.1 Å². The molecule has 0 radical (unpaired) electrons. The molecule has 0 spiro atoms. The van der Waals surface area contributed by atoms with Gasteiger partial charge in [-0.25, -0.2) is 9.18 Å². The number of piperidine rings is 1. The van der Waals surface area contributed by atoms with Crippen molar-refractivity contribution < 1.29 is 9.18 Å². The van der Waals surface area contributed by atoms with Gasteiger partial charge in [0, 0.05) is 37.4 Å². The van der Waals surface area contributed by atoms with Gasteiger partial charge in [0.25, 0.3) is 0 Å². The number of hydrogen-bond acceptors (Lipinski definition) is 4. The second kappa shape index (κ2) is 10.1. The first kappa shape index (κ1) is 21.7. The summed E-state index contributed by atoms with van der Waals surface area (Å²) in [7, 11) is 1.79. The highest BCUT2D eigenvalue weighted by Gasteiger charge is 2.26. The van der Waals surface area contributed by atoms with Crippen molar-refractivity contribution in [2.24, 2.45) is 4.99 Å². The number of benzene rings is 2. The number of amidine groups is 1. The van der Waals surface area contributed by atoms with Gasteiger partial charge in [-0.3, -0.25) is 0 Å². The molecule has 2 aromatic carbocycles. The van der Waals surface area contributed by atoms with Gasteiger partial charge in [0.2, 0.25) is 6.19 Å². The largest absolute Gasteiger partial charge is 0.350 e. The molecule has 1 aliphatic rings. The van der Waals surface area contributed by atoms with Crippen molar-refractivity contribution in [2.75, 3.05) is 31.7 Å². The number of amides is 2. The molecular formula is C22H24FN5OS. The molecule has 30 heavy (non-hydrogen) atoms. The van der Waals surface area contributed by atoms with Gasteiger partial charge in [0.15, 0.2) is 5.17 Å². The number of rotatable bonds is 3. The number of hydrogen-bond donors (Lipinski definition) is 1. The van der Waals surface area contributed by atoms with Crippen molar-refractivity contribution in [3.63, 3.8) is 0 Å². The number of nitrogens with zero attached hydrogens (tertiary/aromatic N) is 4. The molecule has 156 valence electrons. The first-order chi connectivity index (χ1) is 14.5. The fourth-order valence-corrected chi connectivity index (χ4v) is 4.11. The van der Waals surface area contributed by atoms with E-state index in [1.165, 1.54) is 17.8 Å². The third-order valence-electron chi connectivity index (χ3n) is 5.25. The molecule has 0 aromatic heterocycles. The Morgan fingerprint density at radius 3 is 2.50 bits per heavy atom. The Labute approximate surface area is 180 Å². The molecule has 1 fully saturated rings. The van der Waals surface area contributed by atoms with Crippen LogP contribution in [0.1, 0.15) is 12.8 Å². The number of carbonyl (C=O) groups is 1. The number of aliphatic imine (C=N–C) groups is 1. The summed E-state index contributed by atoms with van der Waals surface area (Å²) in [6, 6.07) is 13.7. The predicted molar refractivity (Wildman–Crippen MR) is 120 cm³/mol. The molecule has 6 nitrogen and oxygen atoms in total. The average Bonchev–Trinajstić information content (AvgIpc) is 2.78. The zero-order valence-corrected chi connectivity index (χ0v) is 17.8. The molecule has 0 aliphatic carbocycles. The predicted octanol–water partition coefficient (Wildman–Crippen LogP) is 4.62. The van der Waals surface area contributed by atoms with E-state index >= 15 is 0 Å². The molecule has 2 aromatic rings. The molecule has 1 aliphatic heterocycles. The molecule has 2 amide bonds. The van der Waals surface area contributed by atoms with Crippen molar-refractivity contribution in [1.29, 1.82) is 5.26 Å². The van der Waals surface area contributed by atoms with E-state index in [0.717, 1.165) is 36.7 Å². The number of urea groups is 1. The van der Waals surface area contributed by atoms with Gasteiger partial charge >= 0.3 is 6.03 Å². The van der Waals surface area contributed by atoms with E-state index in [0.29, 0.717) is 11.3 Å². The first-order valence-corrected chi connectivity index (χ1v) is 10.9. The number of nitrogens with one attached hydrogen (secondary N) is 1. The van der Waals surface area contributed by atoms with Crippen LogP contribution in [0.5, 0.6) is 0 Å². The second-order valence-corrected chi connectivity index (χ2v) is 7.79. The van der Waals surface area contributed by atoms with E-state index in [4.69, 9.17) is 5.26 Å². The quantitative estimate of drug-likeness (QED) is 0.442. The highest BCUT2D eigenvalue weighted by atomic mass is 32.2. The third kappa shape index (κ3) is 5.10. The molecule has 0 atom stereocenters. The Bertz CT molecular complexity index is 949. The molecule has 3 rings (SSSR count). The highest BCUT2D eigenvalue weighted by Crippen LogP contribution is 2.24. The highest BCUT2D eigenvalue weighted by molar-refractivity contribution is 8.13. The van der Waals surface area contributed by atoms with E-state index in [-0.39, 0.29) is 17.9 Å². The summed E-state index contributed by atoms with van der Waals surface area (Å²) >= 11 is 1.46. The summed E-state index contributed by atoms with van der Waals surface area (Å²) in [5, 5.41) is 12.4. The Kier molecular flexibility index (Phi) is 7.31. The van der Waals surface area contributed by atoms with Crippen LogP contribution < -0.4 is 5.32 Å². The third-order valence-corrected chi connectivity index (χ3v) is 5.97. The summed E-state index contributed by atoms with van der Waals surface area (Å²) in [4.78, 5) is 20.3. The summed E-state index contributed by atoms with van der Waals surface area (Å²) in [5.74, 6) is -0.273. The number of nitriles is 1. The molecule has 1 heterocycles. The van der Waals surface area contributed by atoms with E-state index in [2.05, 4.69) is 15.2 Å². The van der Waals surface area contributed by atoms with Crippen molar-refractivity contribution in [3.8, 4) is 17.3 Å². The zero-order valence-electron chi connectivity index (χ0n) is 17.0. The molecule has 0 bridgehead atoms. The summed E-state index contributed by atoms with van der Waals surface area (Å²) < 4.78 is 13.9.